The molecule has 0 bridgehead atoms. The van der Waals surface area contributed by atoms with Gasteiger partial charge in [-0.1, -0.05) is 43.2 Å². The van der Waals surface area contributed by atoms with Crippen LogP contribution in [0.15, 0.2) is 116 Å². The molecule has 4 aromatic rings. The molecular formula is C42H38F3NO7. The minimum Gasteiger partial charge on any atom is -0.494 e. The van der Waals surface area contributed by atoms with E-state index in [1.807, 2.05) is 12.1 Å². The van der Waals surface area contributed by atoms with Gasteiger partial charge in [0.2, 0.25) is 0 Å². The van der Waals surface area contributed by atoms with E-state index in [2.05, 4.69) is 30.3 Å². The summed E-state index contributed by atoms with van der Waals surface area (Å²) >= 11 is 0. The van der Waals surface area contributed by atoms with E-state index in [1.54, 1.807) is 48.5 Å². The Labute approximate surface area is 306 Å². The van der Waals surface area contributed by atoms with Crippen LogP contribution in [0.3, 0.4) is 0 Å². The molecule has 11 heteroatoms. The average Bonchev–Trinajstić information content (AvgIpc) is 3.17. The number of carbonyl (C=O) groups excluding carboxylic acids is 3. The van der Waals surface area contributed by atoms with Crippen molar-refractivity contribution in [2.24, 2.45) is 0 Å². The minimum absolute atomic E-state index is 0.157. The van der Waals surface area contributed by atoms with Crippen molar-refractivity contribution in [3.05, 3.63) is 139 Å². The Balaban J connectivity index is 1.31. The fraction of sp³-hybridized carbons (Fsp3) is 0.214. The van der Waals surface area contributed by atoms with E-state index >= 15 is 0 Å². The summed E-state index contributed by atoms with van der Waals surface area (Å²) in [5.74, 6) is 5.64. The summed E-state index contributed by atoms with van der Waals surface area (Å²) in [4.78, 5) is 35.0. The molecule has 0 saturated heterocycles. The predicted molar refractivity (Wildman–Crippen MR) is 195 cm³/mol. The number of ether oxygens (including phenoxy) is 4. The second kappa shape index (κ2) is 19.9. The standard InChI is InChI=1S/C42H38F3NO7/c1-3-39(47)52-27-7-5-25-50-35-20-13-31(14-21-35)10-9-30-11-15-32(16-12-30)34-19-24-38(37(29-34)42(43,44)45)46-41(49)33-17-22-36(23-18-33)51-26-6-8-28-53-40(48)4-2/h3-4,11-24,29H,1-2,5-8,25-28H2,(H,46,49). The lowest BCUT2D eigenvalue weighted by atomic mass is 10.00. The summed E-state index contributed by atoms with van der Waals surface area (Å²) in [6.07, 6.45) is 0.0899. The maximum absolute atomic E-state index is 14.2. The summed E-state index contributed by atoms with van der Waals surface area (Å²) in [6, 6.07) is 23.9. The molecule has 274 valence electrons. The number of halogens is 3. The molecule has 53 heavy (non-hydrogen) atoms. The zero-order valence-corrected chi connectivity index (χ0v) is 28.9. The van der Waals surface area contributed by atoms with Gasteiger partial charge in [-0.05, 0) is 110 Å². The van der Waals surface area contributed by atoms with Crippen LogP contribution in [0.2, 0.25) is 0 Å². The van der Waals surface area contributed by atoms with Crippen LogP contribution in [0, 0.1) is 11.8 Å². The number of hydrogen-bond donors (Lipinski definition) is 1. The van der Waals surface area contributed by atoms with Crippen LogP contribution < -0.4 is 14.8 Å². The Morgan fingerprint density at radius 2 is 1.08 bits per heavy atom. The van der Waals surface area contributed by atoms with Gasteiger partial charge in [0.15, 0.2) is 0 Å². The van der Waals surface area contributed by atoms with Gasteiger partial charge in [0.25, 0.3) is 5.91 Å². The Hall–Kier alpha value is -6.28. The van der Waals surface area contributed by atoms with E-state index in [0.29, 0.717) is 67.3 Å². The highest BCUT2D eigenvalue weighted by Crippen LogP contribution is 2.38. The average molecular weight is 726 g/mol. The molecule has 0 heterocycles. The number of hydrogen-bond acceptors (Lipinski definition) is 7. The van der Waals surface area contributed by atoms with Crippen molar-refractivity contribution in [3.8, 4) is 34.5 Å². The molecular weight excluding hydrogens is 687 g/mol. The number of benzene rings is 4. The monoisotopic (exact) mass is 725 g/mol. The first-order valence-corrected chi connectivity index (χ1v) is 16.7. The molecule has 0 unspecified atom stereocenters. The molecule has 0 aliphatic heterocycles. The van der Waals surface area contributed by atoms with Gasteiger partial charge in [0.05, 0.1) is 37.7 Å². The third-order valence-corrected chi connectivity index (χ3v) is 7.55. The second-order valence-corrected chi connectivity index (χ2v) is 11.4. The van der Waals surface area contributed by atoms with E-state index in [0.717, 1.165) is 30.2 Å². The van der Waals surface area contributed by atoms with E-state index in [4.69, 9.17) is 18.9 Å². The summed E-state index contributed by atoms with van der Waals surface area (Å²) in [7, 11) is 0. The number of alkyl halides is 3. The van der Waals surface area contributed by atoms with Crippen molar-refractivity contribution >= 4 is 23.5 Å². The predicted octanol–water partition coefficient (Wildman–Crippen LogP) is 8.80. The van der Waals surface area contributed by atoms with E-state index in [9.17, 15) is 27.6 Å². The first kappa shape index (κ1) is 39.5. The third kappa shape index (κ3) is 13.1. The van der Waals surface area contributed by atoms with Gasteiger partial charge in [-0.25, -0.2) is 9.59 Å². The van der Waals surface area contributed by atoms with Crippen molar-refractivity contribution in [1.29, 1.82) is 0 Å². The molecule has 0 spiro atoms. The van der Waals surface area contributed by atoms with E-state index in [1.165, 1.54) is 24.3 Å². The first-order chi connectivity index (χ1) is 25.5. The van der Waals surface area contributed by atoms with Crippen molar-refractivity contribution in [2.45, 2.75) is 31.9 Å². The SMILES string of the molecule is C=CC(=O)OCCCCOc1ccc(C#Cc2ccc(-c3ccc(NC(=O)c4ccc(OCCCCOC(=O)C=C)cc4)c(C(F)(F)F)c3)cc2)cc1. The minimum atomic E-state index is -4.73. The maximum atomic E-state index is 14.2. The quantitative estimate of drug-likeness (QED) is 0.0503. The van der Waals surface area contributed by atoms with Crippen LogP contribution in [-0.2, 0) is 25.2 Å². The van der Waals surface area contributed by atoms with Crippen LogP contribution in [-0.4, -0.2) is 44.3 Å². The fourth-order valence-electron chi connectivity index (χ4n) is 4.74. The Morgan fingerprint density at radius 3 is 1.57 bits per heavy atom. The molecule has 0 aliphatic carbocycles. The fourth-order valence-corrected chi connectivity index (χ4v) is 4.74. The number of rotatable bonds is 17. The summed E-state index contributed by atoms with van der Waals surface area (Å²) < 4.78 is 63.6. The molecule has 0 aromatic heterocycles. The normalized spacial score (nSPS) is 10.6. The first-order valence-electron chi connectivity index (χ1n) is 16.7. The number of anilines is 1. The Morgan fingerprint density at radius 1 is 0.623 bits per heavy atom. The van der Waals surface area contributed by atoms with Crippen LogP contribution in [0.4, 0.5) is 18.9 Å². The molecule has 4 rings (SSSR count). The van der Waals surface area contributed by atoms with Gasteiger partial charge in [0.1, 0.15) is 11.5 Å². The zero-order chi connectivity index (χ0) is 38.1. The van der Waals surface area contributed by atoms with Crippen molar-refractivity contribution < 1.29 is 46.5 Å². The zero-order valence-electron chi connectivity index (χ0n) is 28.9. The largest absolute Gasteiger partial charge is 0.494 e. The Kier molecular flexibility index (Phi) is 14.9. The van der Waals surface area contributed by atoms with Gasteiger partial charge in [-0.2, -0.15) is 13.2 Å². The van der Waals surface area contributed by atoms with Gasteiger partial charge < -0.3 is 24.3 Å². The number of amides is 1. The van der Waals surface area contributed by atoms with Crippen LogP contribution in [0.25, 0.3) is 11.1 Å². The summed E-state index contributed by atoms with van der Waals surface area (Å²) in [6.45, 7) is 8.04. The van der Waals surface area contributed by atoms with E-state index < -0.39 is 29.6 Å². The molecule has 0 aliphatic rings. The molecule has 1 N–H and O–H groups in total. The highest BCUT2D eigenvalue weighted by atomic mass is 19.4. The van der Waals surface area contributed by atoms with Crippen LogP contribution >= 0.6 is 0 Å². The highest BCUT2D eigenvalue weighted by Gasteiger charge is 2.34. The number of nitrogens with one attached hydrogen (secondary N) is 1. The summed E-state index contributed by atoms with van der Waals surface area (Å²) in [5.41, 5.74) is 1.11. The molecule has 8 nitrogen and oxygen atoms in total. The van der Waals surface area contributed by atoms with Gasteiger partial charge in [-0.15, -0.1) is 0 Å². The van der Waals surface area contributed by atoms with Crippen LogP contribution in [0.1, 0.15) is 52.7 Å². The van der Waals surface area contributed by atoms with Gasteiger partial charge in [0, 0.05) is 28.8 Å². The number of unbranched alkanes of at least 4 members (excludes halogenated alkanes) is 2. The molecule has 0 atom stereocenters. The van der Waals surface area contributed by atoms with E-state index in [-0.39, 0.29) is 17.9 Å². The third-order valence-electron chi connectivity index (χ3n) is 7.55. The maximum Gasteiger partial charge on any atom is 0.418 e. The van der Waals surface area contributed by atoms with Crippen molar-refractivity contribution in [3.63, 3.8) is 0 Å². The lowest BCUT2D eigenvalue weighted by Gasteiger charge is -2.16. The highest BCUT2D eigenvalue weighted by molar-refractivity contribution is 6.05. The lowest BCUT2D eigenvalue weighted by Crippen LogP contribution is -2.16. The Bertz CT molecular complexity index is 1930. The van der Waals surface area contributed by atoms with Crippen molar-refractivity contribution in [2.75, 3.05) is 31.7 Å². The smallest absolute Gasteiger partial charge is 0.418 e. The second-order valence-electron chi connectivity index (χ2n) is 11.4. The topological polar surface area (TPSA) is 100 Å². The molecule has 1 amide bonds. The lowest BCUT2D eigenvalue weighted by molar-refractivity contribution is -0.138. The summed E-state index contributed by atoms with van der Waals surface area (Å²) in [5, 5.41) is 2.39. The molecule has 4 aromatic carbocycles. The molecule has 0 fully saturated rings. The number of esters is 2. The molecule has 0 radical (unpaired) electrons. The van der Waals surface area contributed by atoms with Crippen LogP contribution in [0.5, 0.6) is 11.5 Å². The number of carbonyl (C=O) groups is 3. The van der Waals surface area contributed by atoms with Crippen molar-refractivity contribution in [1.82, 2.24) is 0 Å². The molecule has 0 saturated carbocycles. The van der Waals surface area contributed by atoms with Gasteiger partial charge >= 0.3 is 18.1 Å². The van der Waals surface area contributed by atoms with Gasteiger partial charge in [-0.3, -0.25) is 4.79 Å².